The van der Waals surface area contributed by atoms with E-state index in [4.69, 9.17) is 0 Å². The number of likely N-dealkylation sites (tertiary alicyclic amines) is 1. The van der Waals surface area contributed by atoms with Crippen LogP contribution in [-0.2, 0) is 0 Å². The van der Waals surface area contributed by atoms with E-state index in [1.807, 2.05) is 11.8 Å². The van der Waals surface area contributed by atoms with Crippen molar-refractivity contribution in [2.45, 2.75) is 49.4 Å². The Hall–Kier alpha value is 0.230. The molecule has 106 valence electrons. The molecule has 1 saturated carbocycles. The van der Waals surface area contributed by atoms with E-state index in [1.54, 1.807) is 0 Å². The molecule has 2 N–H and O–H groups in total. The van der Waals surface area contributed by atoms with Gasteiger partial charge in [-0.3, -0.25) is 0 Å². The van der Waals surface area contributed by atoms with Crippen molar-refractivity contribution < 1.29 is 5.11 Å². The highest BCUT2D eigenvalue weighted by molar-refractivity contribution is 8.00. The molecule has 1 heterocycles. The van der Waals surface area contributed by atoms with E-state index in [9.17, 15) is 5.11 Å². The molecule has 1 saturated heterocycles. The van der Waals surface area contributed by atoms with E-state index in [1.165, 1.54) is 51.6 Å². The van der Waals surface area contributed by atoms with Gasteiger partial charge in [-0.2, -0.15) is 11.8 Å². The van der Waals surface area contributed by atoms with Gasteiger partial charge >= 0.3 is 0 Å². The Bertz CT molecular complexity index is 238. The number of β-amino-alcohol motifs (C(OH)–C–C–N with tert-alkyl or cyclic N) is 1. The molecule has 0 spiro atoms. The van der Waals surface area contributed by atoms with Gasteiger partial charge in [0.15, 0.2) is 0 Å². The molecule has 1 aliphatic heterocycles. The first-order chi connectivity index (χ1) is 8.74. The maximum atomic E-state index is 10.0. The van der Waals surface area contributed by atoms with Gasteiger partial charge in [-0.05, 0) is 45.0 Å². The largest absolute Gasteiger partial charge is 0.390 e. The minimum Gasteiger partial charge on any atom is -0.390 e. The Morgan fingerprint density at radius 2 is 1.89 bits per heavy atom. The Morgan fingerprint density at radius 1 is 1.22 bits per heavy atom. The van der Waals surface area contributed by atoms with E-state index in [0.29, 0.717) is 4.75 Å². The lowest BCUT2D eigenvalue weighted by Crippen LogP contribution is -2.42. The summed E-state index contributed by atoms with van der Waals surface area (Å²) in [7, 11) is 0. The predicted octanol–water partition coefficient (Wildman–Crippen LogP) is 1.71. The molecular weight excluding hydrogens is 244 g/mol. The number of nitrogens with one attached hydrogen (secondary N) is 1. The van der Waals surface area contributed by atoms with Crippen LogP contribution < -0.4 is 5.32 Å². The van der Waals surface area contributed by atoms with Gasteiger partial charge in [0.25, 0.3) is 0 Å². The van der Waals surface area contributed by atoms with Crippen molar-refractivity contribution in [1.29, 1.82) is 0 Å². The third-order valence-corrected chi connectivity index (χ3v) is 5.86. The molecular formula is C14H28N2OS. The number of nitrogens with zero attached hydrogens (tertiary/aromatic N) is 1. The number of rotatable bonds is 7. The SMILES string of the molecule is CSC1(CNCC(O)CN2CCCC2)CCCC1. The molecule has 2 aliphatic rings. The molecule has 18 heavy (non-hydrogen) atoms. The lowest BCUT2D eigenvalue weighted by Gasteiger charge is -2.28. The summed E-state index contributed by atoms with van der Waals surface area (Å²) in [5.41, 5.74) is 0. The second-order valence-electron chi connectivity index (χ2n) is 5.89. The zero-order chi connectivity index (χ0) is 12.8. The Kier molecular flexibility index (Phi) is 5.80. The Morgan fingerprint density at radius 3 is 2.50 bits per heavy atom. The van der Waals surface area contributed by atoms with Gasteiger partial charge in [0.2, 0.25) is 0 Å². The third kappa shape index (κ3) is 4.12. The highest BCUT2D eigenvalue weighted by atomic mass is 32.2. The van der Waals surface area contributed by atoms with Gasteiger partial charge in [-0.25, -0.2) is 0 Å². The number of thioether (sulfide) groups is 1. The monoisotopic (exact) mass is 272 g/mol. The minimum atomic E-state index is -0.205. The smallest absolute Gasteiger partial charge is 0.0791 e. The average molecular weight is 272 g/mol. The molecule has 0 bridgehead atoms. The molecule has 4 heteroatoms. The summed E-state index contributed by atoms with van der Waals surface area (Å²) >= 11 is 2.01. The van der Waals surface area contributed by atoms with Crippen LogP contribution in [0.4, 0.5) is 0 Å². The molecule has 0 radical (unpaired) electrons. The molecule has 0 aromatic rings. The van der Waals surface area contributed by atoms with Crippen molar-refractivity contribution in [3.05, 3.63) is 0 Å². The summed E-state index contributed by atoms with van der Waals surface area (Å²) in [6.45, 7) is 5.00. The van der Waals surface area contributed by atoms with Crippen molar-refractivity contribution in [3.63, 3.8) is 0 Å². The van der Waals surface area contributed by atoms with Gasteiger partial charge in [0.1, 0.15) is 0 Å². The number of hydrogen-bond acceptors (Lipinski definition) is 4. The van der Waals surface area contributed by atoms with Crippen molar-refractivity contribution in [1.82, 2.24) is 10.2 Å². The topological polar surface area (TPSA) is 35.5 Å². The third-order valence-electron chi connectivity index (χ3n) is 4.44. The maximum Gasteiger partial charge on any atom is 0.0791 e. The number of aliphatic hydroxyl groups is 1. The lowest BCUT2D eigenvalue weighted by molar-refractivity contribution is 0.123. The summed E-state index contributed by atoms with van der Waals surface area (Å²) in [5.74, 6) is 0. The molecule has 3 nitrogen and oxygen atoms in total. The van der Waals surface area contributed by atoms with Gasteiger partial charge in [0.05, 0.1) is 6.10 Å². The van der Waals surface area contributed by atoms with Gasteiger partial charge in [0, 0.05) is 24.4 Å². The predicted molar refractivity (Wildman–Crippen MR) is 79.3 cm³/mol. The van der Waals surface area contributed by atoms with E-state index >= 15 is 0 Å². The zero-order valence-corrected chi connectivity index (χ0v) is 12.5. The first-order valence-electron chi connectivity index (χ1n) is 7.40. The lowest BCUT2D eigenvalue weighted by atomic mass is 10.1. The molecule has 0 aromatic heterocycles. The van der Waals surface area contributed by atoms with Crippen LogP contribution in [0.3, 0.4) is 0 Å². The number of hydrogen-bond donors (Lipinski definition) is 2. The van der Waals surface area contributed by atoms with Crippen LogP contribution in [0, 0.1) is 0 Å². The fourth-order valence-electron chi connectivity index (χ4n) is 3.27. The second kappa shape index (κ2) is 7.13. The van der Waals surface area contributed by atoms with Crippen molar-refractivity contribution in [3.8, 4) is 0 Å². The van der Waals surface area contributed by atoms with E-state index < -0.39 is 0 Å². The van der Waals surface area contributed by atoms with Gasteiger partial charge < -0.3 is 15.3 Å². The molecule has 2 rings (SSSR count). The van der Waals surface area contributed by atoms with Crippen LogP contribution in [0.25, 0.3) is 0 Å². The van der Waals surface area contributed by atoms with Crippen molar-refractivity contribution in [2.24, 2.45) is 0 Å². The van der Waals surface area contributed by atoms with Gasteiger partial charge in [-0.1, -0.05) is 12.8 Å². The summed E-state index contributed by atoms with van der Waals surface area (Å²) < 4.78 is 0.452. The fourth-order valence-corrected chi connectivity index (χ4v) is 4.21. The summed E-state index contributed by atoms with van der Waals surface area (Å²) in [4.78, 5) is 2.38. The van der Waals surface area contributed by atoms with Crippen molar-refractivity contribution >= 4 is 11.8 Å². The highest BCUT2D eigenvalue weighted by Gasteiger charge is 2.32. The molecule has 0 amide bonds. The normalized spacial score (nSPS) is 25.7. The van der Waals surface area contributed by atoms with Crippen LogP contribution >= 0.6 is 11.8 Å². The molecule has 2 fully saturated rings. The summed E-state index contributed by atoms with van der Waals surface area (Å²) in [6, 6.07) is 0. The Labute approximate surface area is 116 Å². The first kappa shape index (κ1) is 14.6. The number of aliphatic hydroxyl groups excluding tert-OH is 1. The molecule has 1 unspecified atom stereocenters. The average Bonchev–Trinajstić information content (AvgIpc) is 3.01. The standard InChI is InChI=1S/C14H28N2OS/c1-18-14(6-2-3-7-14)12-15-10-13(17)11-16-8-4-5-9-16/h13,15,17H,2-12H2,1H3. The summed E-state index contributed by atoms with van der Waals surface area (Å²) in [5, 5.41) is 13.5. The van der Waals surface area contributed by atoms with Crippen LogP contribution in [0.5, 0.6) is 0 Å². The van der Waals surface area contributed by atoms with E-state index in [-0.39, 0.29) is 6.10 Å². The van der Waals surface area contributed by atoms with Crippen molar-refractivity contribution in [2.75, 3.05) is 39.0 Å². The van der Waals surface area contributed by atoms with Crippen LogP contribution in [0.15, 0.2) is 0 Å². The van der Waals surface area contributed by atoms with Crippen LogP contribution in [0.2, 0.25) is 0 Å². The van der Waals surface area contributed by atoms with Crippen LogP contribution in [0.1, 0.15) is 38.5 Å². The van der Waals surface area contributed by atoms with E-state index in [0.717, 1.165) is 19.6 Å². The molecule has 0 aromatic carbocycles. The van der Waals surface area contributed by atoms with E-state index in [2.05, 4.69) is 16.5 Å². The minimum absolute atomic E-state index is 0.205. The highest BCUT2D eigenvalue weighted by Crippen LogP contribution is 2.39. The fraction of sp³-hybridized carbons (Fsp3) is 1.00. The summed E-state index contributed by atoms with van der Waals surface area (Å²) in [6.07, 6.45) is 10.0. The van der Waals surface area contributed by atoms with Crippen LogP contribution in [-0.4, -0.2) is 59.8 Å². The molecule has 1 atom stereocenters. The zero-order valence-electron chi connectivity index (χ0n) is 11.7. The quantitative estimate of drug-likeness (QED) is 0.739. The Balaban J connectivity index is 1.61. The maximum absolute atomic E-state index is 10.0. The van der Waals surface area contributed by atoms with Gasteiger partial charge in [-0.15, -0.1) is 0 Å². The second-order valence-corrected chi connectivity index (χ2v) is 7.16. The molecule has 1 aliphatic carbocycles. The first-order valence-corrected chi connectivity index (χ1v) is 8.63.